The molecule has 10 heavy (non-hydrogen) atoms. The highest BCUT2D eigenvalue weighted by Gasteiger charge is 2.29. The molecular formula is C7H14O3. The SMILES string of the molecule is COC1CCOC(C)C1O. The summed E-state index contributed by atoms with van der Waals surface area (Å²) in [4.78, 5) is 0. The molecule has 1 aliphatic rings. The monoisotopic (exact) mass is 146 g/mol. The highest BCUT2D eigenvalue weighted by atomic mass is 16.5. The fraction of sp³-hybridized carbons (Fsp3) is 1.00. The van der Waals surface area contributed by atoms with Crippen LogP contribution < -0.4 is 0 Å². The van der Waals surface area contributed by atoms with Crippen molar-refractivity contribution in [3.63, 3.8) is 0 Å². The summed E-state index contributed by atoms with van der Waals surface area (Å²) in [7, 11) is 1.62. The van der Waals surface area contributed by atoms with Crippen molar-refractivity contribution in [2.24, 2.45) is 0 Å². The van der Waals surface area contributed by atoms with E-state index in [1.54, 1.807) is 7.11 Å². The van der Waals surface area contributed by atoms with Gasteiger partial charge in [0.15, 0.2) is 0 Å². The van der Waals surface area contributed by atoms with Gasteiger partial charge in [0.25, 0.3) is 0 Å². The molecule has 1 N–H and O–H groups in total. The molecule has 0 aromatic rings. The predicted molar refractivity (Wildman–Crippen MR) is 36.8 cm³/mol. The van der Waals surface area contributed by atoms with Crippen molar-refractivity contribution < 1.29 is 14.6 Å². The molecule has 60 valence electrons. The van der Waals surface area contributed by atoms with E-state index in [1.165, 1.54) is 0 Å². The molecule has 0 aliphatic carbocycles. The molecule has 0 aromatic heterocycles. The summed E-state index contributed by atoms with van der Waals surface area (Å²) < 4.78 is 10.2. The lowest BCUT2D eigenvalue weighted by Crippen LogP contribution is -2.43. The van der Waals surface area contributed by atoms with Crippen molar-refractivity contribution in [2.45, 2.75) is 31.7 Å². The van der Waals surface area contributed by atoms with Gasteiger partial charge in [-0.3, -0.25) is 0 Å². The minimum atomic E-state index is -0.459. The van der Waals surface area contributed by atoms with Gasteiger partial charge < -0.3 is 14.6 Å². The van der Waals surface area contributed by atoms with Crippen LogP contribution in [-0.2, 0) is 9.47 Å². The zero-order valence-electron chi connectivity index (χ0n) is 6.41. The number of ether oxygens (including phenoxy) is 2. The van der Waals surface area contributed by atoms with Crippen LogP contribution in [-0.4, -0.2) is 37.1 Å². The first-order chi connectivity index (χ1) is 4.75. The highest BCUT2D eigenvalue weighted by Crippen LogP contribution is 2.16. The zero-order valence-corrected chi connectivity index (χ0v) is 6.41. The summed E-state index contributed by atoms with van der Waals surface area (Å²) in [5.41, 5.74) is 0. The molecule has 1 heterocycles. The van der Waals surface area contributed by atoms with Gasteiger partial charge in [0.1, 0.15) is 6.10 Å². The van der Waals surface area contributed by atoms with E-state index < -0.39 is 6.10 Å². The van der Waals surface area contributed by atoms with Crippen LogP contribution in [0.25, 0.3) is 0 Å². The third kappa shape index (κ3) is 1.48. The minimum Gasteiger partial charge on any atom is -0.388 e. The molecule has 3 unspecified atom stereocenters. The van der Waals surface area contributed by atoms with Gasteiger partial charge in [-0.05, 0) is 13.3 Å². The highest BCUT2D eigenvalue weighted by molar-refractivity contribution is 4.78. The van der Waals surface area contributed by atoms with E-state index in [9.17, 15) is 5.11 Å². The molecule has 3 heteroatoms. The van der Waals surface area contributed by atoms with Crippen molar-refractivity contribution in [1.82, 2.24) is 0 Å². The lowest BCUT2D eigenvalue weighted by Gasteiger charge is -2.31. The maximum absolute atomic E-state index is 9.39. The van der Waals surface area contributed by atoms with Gasteiger partial charge in [-0.2, -0.15) is 0 Å². The average molecular weight is 146 g/mol. The third-order valence-corrected chi connectivity index (χ3v) is 1.95. The second-order valence-corrected chi connectivity index (χ2v) is 2.63. The first kappa shape index (κ1) is 7.98. The van der Waals surface area contributed by atoms with Crippen LogP contribution in [0, 0.1) is 0 Å². The molecule has 1 saturated heterocycles. The van der Waals surface area contributed by atoms with Gasteiger partial charge >= 0.3 is 0 Å². The van der Waals surface area contributed by atoms with Gasteiger partial charge in [0.05, 0.1) is 12.2 Å². The summed E-state index contributed by atoms with van der Waals surface area (Å²) in [5, 5.41) is 9.39. The molecule has 0 aromatic carbocycles. The second-order valence-electron chi connectivity index (χ2n) is 2.63. The molecular weight excluding hydrogens is 132 g/mol. The van der Waals surface area contributed by atoms with Crippen LogP contribution in [0.3, 0.4) is 0 Å². The fourth-order valence-electron chi connectivity index (χ4n) is 1.20. The van der Waals surface area contributed by atoms with Gasteiger partial charge in [-0.25, -0.2) is 0 Å². The molecule has 3 atom stereocenters. The van der Waals surface area contributed by atoms with Crippen molar-refractivity contribution >= 4 is 0 Å². The van der Waals surface area contributed by atoms with Gasteiger partial charge in [-0.1, -0.05) is 0 Å². The van der Waals surface area contributed by atoms with E-state index in [-0.39, 0.29) is 12.2 Å². The predicted octanol–water partition coefficient (Wildman–Crippen LogP) is 0.171. The molecule has 1 rings (SSSR count). The maximum atomic E-state index is 9.39. The van der Waals surface area contributed by atoms with Crippen molar-refractivity contribution in [3.05, 3.63) is 0 Å². The van der Waals surface area contributed by atoms with Gasteiger partial charge in [-0.15, -0.1) is 0 Å². The first-order valence-electron chi connectivity index (χ1n) is 3.58. The summed E-state index contributed by atoms with van der Waals surface area (Å²) >= 11 is 0. The van der Waals surface area contributed by atoms with E-state index >= 15 is 0 Å². The average Bonchev–Trinajstić information content (AvgIpc) is 1.95. The van der Waals surface area contributed by atoms with E-state index in [1.807, 2.05) is 6.92 Å². The Morgan fingerprint density at radius 1 is 1.60 bits per heavy atom. The molecule has 0 spiro atoms. The quantitative estimate of drug-likeness (QED) is 0.573. The number of hydrogen-bond acceptors (Lipinski definition) is 3. The molecule has 1 fully saturated rings. The lowest BCUT2D eigenvalue weighted by molar-refractivity contribution is -0.138. The van der Waals surface area contributed by atoms with E-state index in [4.69, 9.17) is 9.47 Å². The Bertz CT molecular complexity index is 105. The Kier molecular flexibility index (Phi) is 2.65. The normalized spacial score (nSPS) is 41.7. The smallest absolute Gasteiger partial charge is 0.106 e. The van der Waals surface area contributed by atoms with Crippen LogP contribution in [0.5, 0.6) is 0 Å². The van der Waals surface area contributed by atoms with Crippen molar-refractivity contribution in [3.8, 4) is 0 Å². The maximum Gasteiger partial charge on any atom is 0.106 e. The van der Waals surface area contributed by atoms with Crippen LogP contribution in [0.4, 0.5) is 0 Å². The number of rotatable bonds is 1. The van der Waals surface area contributed by atoms with Crippen LogP contribution in [0.1, 0.15) is 13.3 Å². The number of methoxy groups -OCH3 is 1. The lowest BCUT2D eigenvalue weighted by atomic mass is 10.0. The first-order valence-corrected chi connectivity index (χ1v) is 3.58. The Morgan fingerprint density at radius 3 is 2.80 bits per heavy atom. The van der Waals surface area contributed by atoms with E-state index in [2.05, 4.69) is 0 Å². The minimum absolute atomic E-state index is 0.0382. The van der Waals surface area contributed by atoms with Gasteiger partial charge in [0, 0.05) is 13.7 Å². The van der Waals surface area contributed by atoms with E-state index in [0.717, 1.165) is 6.42 Å². The zero-order chi connectivity index (χ0) is 7.56. The second kappa shape index (κ2) is 3.32. The molecule has 1 aliphatic heterocycles. The summed E-state index contributed by atoms with van der Waals surface area (Å²) in [6.45, 7) is 2.55. The van der Waals surface area contributed by atoms with Crippen molar-refractivity contribution in [2.75, 3.05) is 13.7 Å². The largest absolute Gasteiger partial charge is 0.388 e. The molecule has 0 radical (unpaired) electrons. The van der Waals surface area contributed by atoms with Crippen LogP contribution in [0.15, 0.2) is 0 Å². The Hall–Kier alpha value is -0.120. The molecule has 0 amide bonds. The van der Waals surface area contributed by atoms with Crippen LogP contribution in [0.2, 0.25) is 0 Å². The molecule has 3 nitrogen and oxygen atoms in total. The molecule has 0 saturated carbocycles. The standard InChI is InChI=1S/C7H14O3/c1-5-7(8)6(9-2)3-4-10-5/h5-8H,3-4H2,1-2H3. The Balaban J connectivity index is 2.42. The summed E-state index contributed by atoms with van der Waals surface area (Å²) in [5.74, 6) is 0. The fourth-order valence-corrected chi connectivity index (χ4v) is 1.20. The van der Waals surface area contributed by atoms with Crippen LogP contribution >= 0.6 is 0 Å². The van der Waals surface area contributed by atoms with Gasteiger partial charge in [0.2, 0.25) is 0 Å². The van der Waals surface area contributed by atoms with E-state index in [0.29, 0.717) is 6.61 Å². The number of hydrogen-bond donors (Lipinski definition) is 1. The number of aliphatic hydroxyl groups is 1. The number of aliphatic hydroxyl groups excluding tert-OH is 1. The topological polar surface area (TPSA) is 38.7 Å². The third-order valence-electron chi connectivity index (χ3n) is 1.95. The summed E-state index contributed by atoms with van der Waals surface area (Å²) in [6.07, 6.45) is 0.211. The Labute approximate surface area is 60.9 Å². The van der Waals surface area contributed by atoms with Crippen molar-refractivity contribution in [1.29, 1.82) is 0 Å². The molecule has 0 bridgehead atoms. The Morgan fingerprint density at radius 2 is 2.30 bits per heavy atom. The summed E-state index contributed by atoms with van der Waals surface area (Å²) in [6, 6.07) is 0.